The Morgan fingerprint density at radius 1 is 0.741 bits per heavy atom. The molecule has 6 atom stereocenters. The van der Waals surface area contributed by atoms with Crippen molar-refractivity contribution in [2.24, 2.45) is 28.6 Å². The van der Waals surface area contributed by atoms with Crippen molar-refractivity contribution in [3.8, 4) is 0 Å². The van der Waals surface area contributed by atoms with E-state index in [1.165, 1.54) is 27.9 Å². The van der Waals surface area contributed by atoms with Crippen LogP contribution >= 0.6 is 0 Å². The van der Waals surface area contributed by atoms with E-state index in [1.807, 2.05) is 0 Å². The van der Waals surface area contributed by atoms with Crippen molar-refractivity contribution in [1.29, 1.82) is 0 Å². The molecule has 0 amide bonds. The normalized spacial score (nSPS) is 27.4. The fourth-order valence-corrected chi connectivity index (χ4v) is 15.6. The zero-order valence-electron chi connectivity index (χ0n) is 33.2. The van der Waals surface area contributed by atoms with Gasteiger partial charge in [-0.05, 0) is 100 Å². The largest absolute Gasteiger partial charge is 0.407 e. The van der Waals surface area contributed by atoms with E-state index >= 15 is 0 Å². The molecule has 0 aliphatic heterocycles. The van der Waals surface area contributed by atoms with Gasteiger partial charge in [-0.3, -0.25) is 4.79 Å². The number of hydrogen-bond donors (Lipinski definition) is 0. The van der Waals surface area contributed by atoms with Crippen LogP contribution in [0.5, 0.6) is 0 Å². The van der Waals surface area contributed by atoms with Crippen LogP contribution in [0.1, 0.15) is 96.6 Å². The maximum Gasteiger partial charge on any atom is 0.261 e. The first-order chi connectivity index (χ1) is 26.1. The zero-order chi connectivity index (χ0) is 37.7. The lowest BCUT2D eigenvalue weighted by atomic mass is 9.52. The first-order valence-electron chi connectivity index (χ1n) is 20.6. The lowest BCUT2D eigenvalue weighted by Crippen LogP contribution is -2.67. The fraction of sp³-hybridized carbons (Fsp3) is 0.490. The van der Waals surface area contributed by atoms with Crippen LogP contribution in [0.3, 0.4) is 0 Å². The van der Waals surface area contributed by atoms with Gasteiger partial charge < -0.3 is 13.9 Å². The van der Waals surface area contributed by atoms with Crippen molar-refractivity contribution in [1.82, 2.24) is 0 Å². The number of ketones is 1. The van der Waals surface area contributed by atoms with E-state index in [9.17, 15) is 4.79 Å². The molecule has 5 heteroatoms. The molecular weight excluding hydrogens is 681 g/mol. The number of Topliss-reactive ketones (excluding diaryl/α,β-unsaturated/α-hetero) is 1. The van der Waals surface area contributed by atoms with Gasteiger partial charge in [0.05, 0.1) is 19.3 Å². The third-order valence-electron chi connectivity index (χ3n) is 13.5. The van der Waals surface area contributed by atoms with Gasteiger partial charge in [-0.2, -0.15) is 0 Å². The zero-order valence-corrected chi connectivity index (χ0v) is 34.2. The Labute approximate surface area is 326 Å². The molecule has 3 aliphatic rings. The summed E-state index contributed by atoms with van der Waals surface area (Å²) < 4.78 is 20.6. The smallest absolute Gasteiger partial charge is 0.261 e. The van der Waals surface area contributed by atoms with Crippen LogP contribution in [-0.4, -0.2) is 33.4 Å². The highest BCUT2D eigenvalue weighted by molar-refractivity contribution is 6.99. The first-order valence-corrected chi connectivity index (χ1v) is 22.5. The van der Waals surface area contributed by atoms with Gasteiger partial charge in [-0.25, -0.2) is 0 Å². The maximum atomic E-state index is 13.9. The molecule has 0 heterocycles. The Kier molecular flexibility index (Phi) is 12.1. The predicted octanol–water partition coefficient (Wildman–Crippen LogP) is 10.3. The van der Waals surface area contributed by atoms with E-state index in [0.29, 0.717) is 43.9 Å². The summed E-state index contributed by atoms with van der Waals surface area (Å²) in [6.07, 6.45) is 9.28. The summed E-state index contributed by atoms with van der Waals surface area (Å²) in [7, 11) is -2.69. The number of ether oxygens (including phenoxy) is 2. The second-order valence-electron chi connectivity index (χ2n) is 18.3. The van der Waals surface area contributed by atoms with Crippen LogP contribution < -0.4 is 10.4 Å². The molecule has 54 heavy (non-hydrogen) atoms. The van der Waals surface area contributed by atoms with Gasteiger partial charge in [-0.15, -0.1) is 0 Å². The van der Waals surface area contributed by atoms with E-state index in [1.54, 1.807) is 0 Å². The fourth-order valence-electron chi connectivity index (χ4n) is 11.0. The van der Waals surface area contributed by atoms with Crippen molar-refractivity contribution in [2.45, 2.75) is 110 Å². The third-order valence-corrected chi connectivity index (χ3v) is 18.5. The van der Waals surface area contributed by atoms with E-state index in [-0.39, 0.29) is 27.9 Å². The van der Waals surface area contributed by atoms with Gasteiger partial charge in [0.25, 0.3) is 8.32 Å². The standard InChI is InChI=1S/C49H62O4Si/c1-38-25-27-48(30-41(29-43(50)32-48)36-53-54(47(2,3)4,44-21-13-7-14-22-44)45-23-15-8-16-24-45)37-49(38)31-42(26-28-51-34-39-17-9-5-10-18-39)46(33-49)52-35-40-19-11-6-12-20-40/h5-24,38,41-42,46H,25-37H2,1-4H3/t38-,41+,42+,46-,48-,49-/m0/s1. The lowest BCUT2D eigenvalue weighted by Gasteiger charge is -2.53. The van der Waals surface area contributed by atoms with E-state index < -0.39 is 8.32 Å². The Balaban J connectivity index is 1.09. The van der Waals surface area contributed by atoms with Gasteiger partial charge in [0, 0.05) is 26.1 Å². The van der Waals surface area contributed by atoms with Crippen LogP contribution in [0.4, 0.5) is 0 Å². The maximum absolute atomic E-state index is 13.9. The topological polar surface area (TPSA) is 44.8 Å². The van der Waals surface area contributed by atoms with Crippen LogP contribution in [0.25, 0.3) is 0 Å². The quantitative estimate of drug-likeness (QED) is 0.101. The first kappa shape index (κ1) is 38.9. The average molecular weight is 743 g/mol. The summed E-state index contributed by atoms with van der Waals surface area (Å²) in [5, 5.41) is 2.52. The molecule has 0 aromatic heterocycles. The minimum absolute atomic E-state index is 0.0317. The number of hydrogen-bond acceptors (Lipinski definition) is 4. The van der Waals surface area contributed by atoms with Crippen molar-refractivity contribution < 1.29 is 18.7 Å². The Morgan fingerprint density at radius 3 is 1.91 bits per heavy atom. The molecule has 7 rings (SSSR count). The molecule has 4 aromatic carbocycles. The summed E-state index contributed by atoms with van der Waals surface area (Å²) in [5.74, 6) is 1.70. The summed E-state index contributed by atoms with van der Waals surface area (Å²) in [6.45, 7) is 12.2. The Bertz CT molecular complexity index is 1730. The molecule has 0 radical (unpaired) electrons. The molecule has 3 aliphatic carbocycles. The molecule has 4 aromatic rings. The summed E-state index contributed by atoms with van der Waals surface area (Å²) in [5.41, 5.74) is 2.65. The highest BCUT2D eigenvalue weighted by atomic mass is 28.4. The Hall–Kier alpha value is -3.35. The third kappa shape index (κ3) is 8.55. The minimum atomic E-state index is -2.69. The molecule has 0 bridgehead atoms. The van der Waals surface area contributed by atoms with Gasteiger partial charge in [0.2, 0.25) is 0 Å². The van der Waals surface area contributed by atoms with Crippen molar-refractivity contribution in [3.63, 3.8) is 0 Å². The van der Waals surface area contributed by atoms with Gasteiger partial charge in [-0.1, -0.05) is 149 Å². The molecule has 0 unspecified atom stereocenters. The molecule has 3 fully saturated rings. The molecule has 0 saturated heterocycles. The van der Waals surface area contributed by atoms with Crippen LogP contribution in [0, 0.1) is 28.6 Å². The Morgan fingerprint density at radius 2 is 1.31 bits per heavy atom. The summed E-state index contributed by atoms with van der Waals surface area (Å²) in [4.78, 5) is 13.9. The SMILES string of the molecule is C[C@H]1CC[C@]2(CC(=O)C[C@@H](CO[Si](c3ccccc3)(c3ccccc3)C(C)(C)C)C2)C[C@@]12C[C@@H](CCOCc1ccccc1)[C@@H](OCc1ccccc1)C2. The van der Waals surface area contributed by atoms with E-state index in [2.05, 4.69) is 149 Å². The molecule has 3 saturated carbocycles. The molecule has 4 nitrogen and oxygen atoms in total. The van der Waals surface area contributed by atoms with Crippen LogP contribution in [0.2, 0.25) is 5.04 Å². The van der Waals surface area contributed by atoms with Gasteiger partial charge in [0.15, 0.2) is 0 Å². The number of carbonyl (C=O) groups is 1. The molecule has 0 N–H and O–H groups in total. The average Bonchev–Trinajstić information content (AvgIpc) is 3.52. The number of rotatable bonds is 13. The lowest BCUT2D eigenvalue weighted by molar-refractivity contribution is -0.130. The molecule has 2 spiro atoms. The van der Waals surface area contributed by atoms with Crippen LogP contribution in [0.15, 0.2) is 121 Å². The number of carbonyl (C=O) groups excluding carboxylic acids is 1. The second-order valence-corrected chi connectivity index (χ2v) is 22.6. The molecule has 286 valence electrons. The monoisotopic (exact) mass is 742 g/mol. The number of benzene rings is 4. The summed E-state index contributed by atoms with van der Waals surface area (Å²) in [6, 6.07) is 43.0. The summed E-state index contributed by atoms with van der Waals surface area (Å²) >= 11 is 0. The highest BCUT2D eigenvalue weighted by Crippen LogP contribution is 2.63. The van der Waals surface area contributed by atoms with Gasteiger partial charge >= 0.3 is 0 Å². The minimum Gasteiger partial charge on any atom is -0.407 e. The second kappa shape index (κ2) is 16.8. The van der Waals surface area contributed by atoms with Crippen molar-refractivity contribution in [3.05, 3.63) is 132 Å². The van der Waals surface area contributed by atoms with Crippen molar-refractivity contribution in [2.75, 3.05) is 13.2 Å². The molecular formula is C49H62O4Si. The van der Waals surface area contributed by atoms with Crippen molar-refractivity contribution >= 4 is 24.5 Å². The van der Waals surface area contributed by atoms with Crippen LogP contribution in [-0.2, 0) is 31.9 Å². The van der Waals surface area contributed by atoms with E-state index in [0.717, 1.165) is 51.6 Å². The predicted molar refractivity (Wildman–Crippen MR) is 222 cm³/mol. The van der Waals surface area contributed by atoms with E-state index in [4.69, 9.17) is 13.9 Å². The highest BCUT2D eigenvalue weighted by Gasteiger charge is 2.57. The van der Waals surface area contributed by atoms with Gasteiger partial charge in [0.1, 0.15) is 5.78 Å².